The zero-order valence-electron chi connectivity index (χ0n) is 8.53. The zero-order valence-corrected chi connectivity index (χ0v) is 8.53. The standard InChI is InChI=1S/C9H13N5O/c1-3-4-10-6-9(15)11-5-8-12-7-14(2)13-8/h1,7,10H,4-6H2,2H3,(H,11,15). The highest BCUT2D eigenvalue weighted by Crippen LogP contribution is 1.85. The number of terminal acetylenes is 1. The molecule has 1 amide bonds. The van der Waals surface area contributed by atoms with Crippen LogP contribution in [0.25, 0.3) is 0 Å². The summed E-state index contributed by atoms with van der Waals surface area (Å²) in [4.78, 5) is 15.2. The molecular weight excluding hydrogens is 194 g/mol. The van der Waals surface area contributed by atoms with E-state index in [1.807, 2.05) is 0 Å². The fourth-order valence-corrected chi connectivity index (χ4v) is 0.953. The van der Waals surface area contributed by atoms with Crippen molar-refractivity contribution in [2.45, 2.75) is 6.54 Å². The lowest BCUT2D eigenvalue weighted by Gasteiger charge is -2.02. The highest BCUT2D eigenvalue weighted by atomic mass is 16.1. The van der Waals surface area contributed by atoms with E-state index in [-0.39, 0.29) is 12.5 Å². The lowest BCUT2D eigenvalue weighted by Crippen LogP contribution is -2.33. The first-order valence-corrected chi connectivity index (χ1v) is 4.47. The molecule has 0 unspecified atom stereocenters. The summed E-state index contributed by atoms with van der Waals surface area (Å²) in [7, 11) is 1.77. The molecule has 0 saturated carbocycles. The molecule has 0 aliphatic carbocycles. The van der Waals surface area contributed by atoms with Crippen LogP contribution in [0.1, 0.15) is 5.82 Å². The fourth-order valence-electron chi connectivity index (χ4n) is 0.953. The zero-order chi connectivity index (χ0) is 11.1. The SMILES string of the molecule is C#CCNCC(=O)NCc1ncn(C)n1. The maximum Gasteiger partial charge on any atom is 0.234 e. The molecule has 6 nitrogen and oxygen atoms in total. The average Bonchev–Trinajstić information content (AvgIpc) is 2.62. The highest BCUT2D eigenvalue weighted by Gasteiger charge is 2.02. The summed E-state index contributed by atoms with van der Waals surface area (Å²) in [5.41, 5.74) is 0. The van der Waals surface area contributed by atoms with Gasteiger partial charge in [0.1, 0.15) is 6.33 Å². The average molecular weight is 207 g/mol. The summed E-state index contributed by atoms with van der Waals surface area (Å²) < 4.78 is 1.58. The van der Waals surface area contributed by atoms with E-state index < -0.39 is 0 Å². The summed E-state index contributed by atoms with van der Waals surface area (Å²) in [5.74, 6) is 2.84. The minimum atomic E-state index is -0.127. The van der Waals surface area contributed by atoms with Crippen LogP contribution < -0.4 is 10.6 Å². The smallest absolute Gasteiger partial charge is 0.234 e. The molecule has 0 spiro atoms. The molecule has 1 aromatic heterocycles. The molecule has 1 heterocycles. The van der Waals surface area contributed by atoms with Gasteiger partial charge in [0.25, 0.3) is 0 Å². The van der Waals surface area contributed by atoms with Crippen molar-refractivity contribution in [3.05, 3.63) is 12.2 Å². The molecule has 1 rings (SSSR count). The van der Waals surface area contributed by atoms with Gasteiger partial charge < -0.3 is 5.32 Å². The van der Waals surface area contributed by atoms with Crippen LogP contribution in [0.5, 0.6) is 0 Å². The van der Waals surface area contributed by atoms with Gasteiger partial charge in [-0.3, -0.25) is 14.8 Å². The molecule has 15 heavy (non-hydrogen) atoms. The normalized spacial score (nSPS) is 9.60. The van der Waals surface area contributed by atoms with Gasteiger partial charge in [-0.05, 0) is 0 Å². The molecule has 6 heteroatoms. The molecule has 0 aliphatic heterocycles. The first-order chi connectivity index (χ1) is 7.22. The van der Waals surface area contributed by atoms with Crippen molar-refractivity contribution >= 4 is 5.91 Å². The molecule has 0 aromatic carbocycles. The molecule has 1 aromatic rings. The Bertz CT molecular complexity index is 365. The monoisotopic (exact) mass is 207 g/mol. The number of aryl methyl sites for hydroxylation is 1. The van der Waals surface area contributed by atoms with E-state index in [0.717, 1.165) is 0 Å². The van der Waals surface area contributed by atoms with Gasteiger partial charge in [0.2, 0.25) is 5.91 Å². The van der Waals surface area contributed by atoms with E-state index in [1.165, 1.54) is 0 Å². The van der Waals surface area contributed by atoms with E-state index in [9.17, 15) is 4.79 Å². The van der Waals surface area contributed by atoms with Gasteiger partial charge in [0.05, 0.1) is 19.6 Å². The third-order valence-corrected chi connectivity index (χ3v) is 1.60. The number of aromatic nitrogens is 3. The van der Waals surface area contributed by atoms with E-state index >= 15 is 0 Å². The number of rotatable bonds is 5. The second kappa shape index (κ2) is 5.78. The number of nitrogens with one attached hydrogen (secondary N) is 2. The fraction of sp³-hybridized carbons (Fsp3) is 0.444. The Morgan fingerprint density at radius 2 is 2.53 bits per heavy atom. The van der Waals surface area contributed by atoms with Gasteiger partial charge in [0.15, 0.2) is 5.82 Å². The molecule has 0 atom stereocenters. The molecule has 0 fully saturated rings. The van der Waals surface area contributed by atoms with Crippen LogP contribution in [0.15, 0.2) is 6.33 Å². The van der Waals surface area contributed by atoms with Crippen LogP contribution in [-0.2, 0) is 18.4 Å². The van der Waals surface area contributed by atoms with Crippen molar-refractivity contribution < 1.29 is 4.79 Å². The van der Waals surface area contributed by atoms with Crippen LogP contribution in [0.3, 0.4) is 0 Å². The van der Waals surface area contributed by atoms with Gasteiger partial charge in [-0.2, -0.15) is 5.10 Å². The number of carbonyl (C=O) groups is 1. The molecule has 80 valence electrons. The Labute approximate surface area is 88.1 Å². The lowest BCUT2D eigenvalue weighted by molar-refractivity contribution is -0.120. The lowest BCUT2D eigenvalue weighted by atomic mass is 10.5. The first kappa shape index (κ1) is 11.2. The Hall–Kier alpha value is -1.87. The van der Waals surface area contributed by atoms with Crippen molar-refractivity contribution in [1.29, 1.82) is 0 Å². The number of nitrogens with zero attached hydrogens (tertiary/aromatic N) is 3. The van der Waals surface area contributed by atoms with Gasteiger partial charge in [0, 0.05) is 7.05 Å². The summed E-state index contributed by atoms with van der Waals surface area (Å²) in [6.45, 7) is 0.920. The predicted octanol–water partition coefficient (Wildman–Crippen LogP) is -1.35. The minimum Gasteiger partial charge on any atom is -0.348 e. The molecule has 0 aliphatic rings. The van der Waals surface area contributed by atoms with E-state index in [4.69, 9.17) is 6.42 Å². The Morgan fingerprint density at radius 1 is 1.73 bits per heavy atom. The summed E-state index contributed by atoms with van der Waals surface area (Å²) >= 11 is 0. The summed E-state index contributed by atoms with van der Waals surface area (Å²) in [5, 5.41) is 9.46. The van der Waals surface area contributed by atoms with Crippen molar-refractivity contribution in [3.8, 4) is 12.3 Å². The number of carbonyl (C=O) groups excluding carboxylic acids is 1. The number of hydrogen-bond donors (Lipinski definition) is 2. The van der Waals surface area contributed by atoms with E-state index in [1.54, 1.807) is 18.1 Å². The largest absolute Gasteiger partial charge is 0.348 e. The second-order valence-corrected chi connectivity index (χ2v) is 2.92. The first-order valence-electron chi connectivity index (χ1n) is 4.47. The maximum atomic E-state index is 11.2. The molecule has 0 radical (unpaired) electrons. The molecular formula is C9H13N5O. The topological polar surface area (TPSA) is 71.8 Å². The molecule has 0 bridgehead atoms. The third-order valence-electron chi connectivity index (χ3n) is 1.60. The van der Waals surface area contributed by atoms with Gasteiger partial charge in [-0.1, -0.05) is 5.92 Å². The Morgan fingerprint density at radius 3 is 3.13 bits per heavy atom. The van der Waals surface area contributed by atoms with E-state index in [0.29, 0.717) is 18.9 Å². The second-order valence-electron chi connectivity index (χ2n) is 2.92. The van der Waals surface area contributed by atoms with Gasteiger partial charge >= 0.3 is 0 Å². The Kier molecular flexibility index (Phi) is 4.31. The van der Waals surface area contributed by atoms with Crippen LogP contribution >= 0.6 is 0 Å². The third kappa shape index (κ3) is 4.24. The van der Waals surface area contributed by atoms with Crippen LogP contribution in [0.4, 0.5) is 0 Å². The van der Waals surface area contributed by atoms with Gasteiger partial charge in [-0.15, -0.1) is 6.42 Å². The van der Waals surface area contributed by atoms with Crippen molar-refractivity contribution in [2.75, 3.05) is 13.1 Å². The van der Waals surface area contributed by atoms with Crippen molar-refractivity contribution in [3.63, 3.8) is 0 Å². The van der Waals surface area contributed by atoms with Gasteiger partial charge in [-0.25, -0.2) is 4.98 Å². The summed E-state index contributed by atoms with van der Waals surface area (Å²) in [6, 6.07) is 0. The maximum absolute atomic E-state index is 11.2. The number of hydrogen-bond acceptors (Lipinski definition) is 4. The summed E-state index contributed by atoms with van der Waals surface area (Å²) in [6.07, 6.45) is 6.60. The van der Waals surface area contributed by atoms with Crippen molar-refractivity contribution in [2.24, 2.45) is 7.05 Å². The Balaban J connectivity index is 2.20. The minimum absolute atomic E-state index is 0.127. The van der Waals surface area contributed by atoms with E-state index in [2.05, 4.69) is 26.6 Å². The van der Waals surface area contributed by atoms with Crippen molar-refractivity contribution in [1.82, 2.24) is 25.4 Å². The quantitative estimate of drug-likeness (QED) is 0.463. The van der Waals surface area contributed by atoms with Crippen LogP contribution in [0, 0.1) is 12.3 Å². The molecule has 0 saturated heterocycles. The molecule has 2 N–H and O–H groups in total. The highest BCUT2D eigenvalue weighted by molar-refractivity contribution is 5.77. The number of amides is 1. The van der Waals surface area contributed by atoms with Crippen LogP contribution in [0.2, 0.25) is 0 Å². The predicted molar refractivity (Wildman–Crippen MR) is 54.6 cm³/mol. The van der Waals surface area contributed by atoms with Crippen LogP contribution in [-0.4, -0.2) is 33.8 Å².